The van der Waals surface area contributed by atoms with E-state index < -0.39 is 0 Å². The third-order valence-electron chi connectivity index (χ3n) is 4.97. The smallest absolute Gasteiger partial charge is 0.255 e. The number of imidazole rings is 1. The highest BCUT2D eigenvalue weighted by Crippen LogP contribution is 2.18. The van der Waals surface area contributed by atoms with Gasteiger partial charge in [0.2, 0.25) is 0 Å². The maximum atomic E-state index is 12.3. The number of nitrogens with one attached hydrogen (secondary N) is 1. The first-order valence-electron chi connectivity index (χ1n) is 10.1. The molecule has 0 saturated heterocycles. The Labute approximate surface area is 171 Å². The van der Waals surface area contributed by atoms with Crippen LogP contribution < -0.4 is 10.1 Å². The average molecular weight is 396 g/mol. The molecule has 0 unspecified atom stereocenters. The number of hydrogen-bond acceptors (Lipinski definition) is 4. The summed E-state index contributed by atoms with van der Waals surface area (Å²) in [5.41, 5.74) is 2.76. The highest BCUT2D eigenvalue weighted by Gasteiger charge is 2.11. The Hall–Kier alpha value is -2.86. The van der Waals surface area contributed by atoms with Crippen molar-refractivity contribution in [3.05, 3.63) is 59.9 Å². The number of carbonyl (C=O) groups excluding carboxylic acids is 1. The molecule has 0 bridgehead atoms. The van der Waals surface area contributed by atoms with Crippen LogP contribution in [-0.2, 0) is 17.7 Å². The maximum absolute atomic E-state index is 12.3. The van der Waals surface area contributed by atoms with Gasteiger partial charge in [-0.15, -0.1) is 0 Å². The van der Waals surface area contributed by atoms with Gasteiger partial charge in [0.15, 0.2) is 0 Å². The summed E-state index contributed by atoms with van der Waals surface area (Å²) in [6.45, 7) is 2.13. The molecule has 1 heterocycles. The lowest BCUT2D eigenvalue weighted by Crippen LogP contribution is -2.24. The summed E-state index contributed by atoms with van der Waals surface area (Å²) in [5.74, 6) is 1.60. The third kappa shape index (κ3) is 5.35. The fourth-order valence-corrected chi connectivity index (χ4v) is 3.46. The van der Waals surface area contributed by atoms with Crippen molar-refractivity contribution in [2.24, 2.45) is 0 Å². The zero-order chi connectivity index (χ0) is 20.5. The molecule has 0 spiro atoms. The monoisotopic (exact) mass is 395 g/mol. The molecule has 1 aromatic heterocycles. The number of nitrogens with zero attached hydrogens (tertiary/aromatic N) is 2. The van der Waals surface area contributed by atoms with Crippen molar-refractivity contribution in [3.63, 3.8) is 0 Å². The van der Waals surface area contributed by atoms with Crippen LogP contribution in [-0.4, -0.2) is 42.8 Å². The molecule has 6 heteroatoms. The van der Waals surface area contributed by atoms with Gasteiger partial charge in [-0.25, -0.2) is 4.98 Å². The van der Waals surface area contributed by atoms with Crippen molar-refractivity contribution in [2.75, 3.05) is 27.4 Å². The van der Waals surface area contributed by atoms with Crippen LogP contribution in [0.3, 0.4) is 0 Å². The van der Waals surface area contributed by atoms with Crippen molar-refractivity contribution >= 4 is 16.9 Å². The predicted molar refractivity (Wildman–Crippen MR) is 114 cm³/mol. The van der Waals surface area contributed by atoms with E-state index in [1.807, 2.05) is 24.3 Å². The third-order valence-corrected chi connectivity index (χ3v) is 4.97. The second-order valence-electron chi connectivity index (χ2n) is 6.93. The molecule has 154 valence electrons. The Morgan fingerprint density at radius 2 is 1.83 bits per heavy atom. The normalized spacial score (nSPS) is 11.0. The van der Waals surface area contributed by atoms with Gasteiger partial charge < -0.3 is 19.4 Å². The van der Waals surface area contributed by atoms with Gasteiger partial charge >= 0.3 is 0 Å². The fourth-order valence-electron chi connectivity index (χ4n) is 3.46. The summed E-state index contributed by atoms with van der Waals surface area (Å²) < 4.78 is 12.8. The van der Waals surface area contributed by atoms with Crippen LogP contribution in [0.5, 0.6) is 5.75 Å². The number of unbranched alkanes of at least 4 members (excludes halogenated alkanes) is 2. The molecular formula is C23H29N3O3. The van der Waals surface area contributed by atoms with Crippen LogP contribution in [0.4, 0.5) is 0 Å². The first-order chi connectivity index (χ1) is 14.2. The van der Waals surface area contributed by atoms with Gasteiger partial charge in [0.05, 0.1) is 30.3 Å². The first kappa shape index (κ1) is 20.9. The van der Waals surface area contributed by atoms with E-state index in [-0.39, 0.29) is 5.91 Å². The number of ether oxygens (including phenoxy) is 2. The van der Waals surface area contributed by atoms with E-state index in [0.29, 0.717) is 24.5 Å². The predicted octanol–water partition coefficient (Wildman–Crippen LogP) is 3.83. The standard InChI is InChI=1S/C23H29N3O3/c1-28-17-16-26-20-12-7-6-11-19(20)25-22(26)14-4-3-9-15-24-23(27)18-10-5-8-13-21(18)29-2/h5-8,10-13H,3-4,9,14-17H2,1-2H3,(H,24,27). The van der Waals surface area contributed by atoms with Gasteiger partial charge in [0.1, 0.15) is 11.6 Å². The van der Waals surface area contributed by atoms with Gasteiger partial charge in [-0.05, 0) is 37.1 Å². The SMILES string of the molecule is COCCn1c(CCCCCNC(=O)c2ccccc2OC)nc2ccccc21. The fraction of sp³-hybridized carbons (Fsp3) is 0.391. The van der Waals surface area contributed by atoms with Gasteiger partial charge in [-0.3, -0.25) is 4.79 Å². The van der Waals surface area contributed by atoms with E-state index >= 15 is 0 Å². The Morgan fingerprint density at radius 1 is 1.03 bits per heavy atom. The van der Waals surface area contributed by atoms with Gasteiger partial charge in [0, 0.05) is 26.6 Å². The summed E-state index contributed by atoms with van der Waals surface area (Å²) >= 11 is 0. The molecule has 0 fully saturated rings. The van der Waals surface area contributed by atoms with Gasteiger partial charge in [-0.2, -0.15) is 0 Å². The van der Waals surface area contributed by atoms with E-state index in [9.17, 15) is 4.79 Å². The molecule has 0 aliphatic heterocycles. The van der Waals surface area contributed by atoms with Crippen LogP contribution in [0, 0.1) is 0 Å². The minimum absolute atomic E-state index is 0.0937. The minimum Gasteiger partial charge on any atom is -0.496 e. The van der Waals surface area contributed by atoms with Gasteiger partial charge in [0.25, 0.3) is 5.91 Å². The number of methoxy groups -OCH3 is 2. The summed E-state index contributed by atoms with van der Waals surface area (Å²) in [6.07, 6.45) is 3.90. The Kier molecular flexibility index (Phi) is 7.64. The van der Waals surface area contributed by atoms with Crippen LogP contribution >= 0.6 is 0 Å². The molecule has 0 aliphatic carbocycles. The largest absolute Gasteiger partial charge is 0.496 e. The summed E-state index contributed by atoms with van der Waals surface area (Å²) in [4.78, 5) is 17.1. The highest BCUT2D eigenvalue weighted by atomic mass is 16.5. The summed E-state index contributed by atoms with van der Waals surface area (Å²) in [6, 6.07) is 15.5. The molecule has 0 saturated carbocycles. The second-order valence-corrected chi connectivity index (χ2v) is 6.93. The second kappa shape index (κ2) is 10.6. The Morgan fingerprint density at radius 3 is 2.66 bits per heavy atom. The molecular weight excluding hydrogens is 366 g/mol. The molecule has 1 N–H and O–H groups in total. The quantitative estimate of drug-likeness (QED) is 0.501. The van der Waals surface area contributed by atoms with Crippen LogP contribution in [0.15, 0.2) is 48.5 Å². The summed E-state index contributed by atoms with van der Waals surface area (Å²) in [7, 11) is 3.30. The lowest BCUT2D eigenvalue weighted by Gasteiger charge is -2.10. The number of carbonyl (C=O) groups is 1. The zero-order valence-electron chi connectivity index (χ0n) is 17.2. The first-order valence-corrected chi connectivity index (χ1v) is 10.1. The Bertz CT molecular complexity index is 936. The molecule has 29 heavy (non-hydrogen) atoms. The summed E-state index contributed by atoms with van der Waals surface area (Å²) in [5, 5.41) is 2.98. The average Bonchev–Trinajstić information content (AvgIpc) is 3.11. The number of rotatable bonds is 11. The Balaban J connectivity index is 1.46. The number of hydrogen-bond donors (Lipinski definition) is 1. The number of benzene rings is 2. The van der Waals surface area contributed by atoms with E-state index in [1.54, 1.807) is 26.4 Å². The van der Waals surface area contributed by atoms with Crippen LogP contribution in [0.25, 0.3) is 11.0 Å². The topological polar surface area (TPSA) is 65.4 Å². The highest BCUT2D eigenvalue weighted by molar-refractivity contribution is 5.96. The molecule has 2 aromatic carbocycles. The van der Waals surface area contributed by atoms with E-state index in [0.717, 1.165) is 49.1 Å². The van der Waals surface area contributed by atoms with Crippen molar-refractivity contribution in [3.8, 4) is 5.75 Å². The molecule has 1 amide bonds. The lowest BCUT2D eigenvalue weighted by molar-refractivity contribution is 0.0950. The van der Waals surface area contributed by atoms with Gasteiger partial charge in [-0.1, -0.05) is 30.7 Å². The van der Waals surface area contributed by atoms with E-state index in [4.69, 9.17) is 14.5 Å². The molecule has 6 nitrogen and oxygen atoms in total. The van der Waals surface area contributed by atoms with E-state index in [1.165, 1.54) is 0 Å². The van der Waals surface area contributed by atoms with Crippen molar-refractivity contribution in [2.45, 2.75) is 32.2 Å². The van der Waals surface area contributed by atoms with Crippen molar-refractivity contribution in [1.82, 2.24) is 14.9 Å². The van der Waals surface area contributed by atoms with Crippen molar-refractivity contribution < 1.29 is 14.3 Å². The maximum Gasteiger partial charge on any atom is 0.255 e. The molecule has 3 aromatic rings. The van der Waals surface area contributed by atoms with Crippen LogP contribution in [0.2, 0.25) is 0 Å². The number of fused-ring (bicyclic) bond motifs is 1. The number of aryl methyl sites for hydroxylation is 1. The van der Waals surface area contributed by atoms with E-state index in [2.05, 4.69) is 22.0 Å². The zero-order valence-corrected chi connectivity index (χ0v) is 17.2. The molecule has 3 rings (SSSR count). The molecule has 0 aliphatic rings. The minimum atomic E-state index is -0.0937. The lowest BCUT2D eigenvalue weighted by atomic mass is 10.1. The number of aromatic nitrogens is 2. The molecule has 0 atom stereocenters. The van der Waals surface area contributed by atoms with Crippen molar-refractivity contribution in [1.29, 1.82) is 0 Å². The number of para-hydroxylation sites is 3. The van der Waals surface area contributed by atoms with Crippen LogP contribution in [0.1, 0.15) is 35.4 Å². The number of amides is 1. The molecule has 0 radical (unpaired) electrons.